The molecule has 1 unspecified atom stereocenters. The quantitative estimate of drug-likeness (QED) is 0.534. The van der Waals surface area contributed by atoms with Gasteiger partial charge in [0.25, 0.3) is 0 Å². The number of halogens is 1. The van der Waals surface area contributed by atoms with Crippen molar-refractivity contribution in [1.82, 2.24) is 18.9 Å². The SMILES string of the molecule is O=C(O)c1cn(-c2ncns2)c2nc(N3CC(C(=O)CCC4CCCCO4)C3)c(F)cc2c1=O. The van der Waals surface area contributed by atoms with E-state index in [1.165, 1.54) is 10.9 Å². The number of Topliss-reactive ketones (excluding diaryl/α,β-unsaturated/α-hetero) is 1. The number of nitrogens with zero attached hydrogens (tertiary/aromatic N) is 5. The van der Waals surface area contributed by atoms with Gasteiger partial charge >= 0.3 is 5.97 Å². The molecule has 3 aromatic heterocycles. The van der Waals surface area contributed by atoms with E-state index in [-0.39, 0.29) is 34.7 Å². The first-order valence-corrected chi connectivity index (χ1v) is 11.8. The minimum atomic E-state index is -1.43. The highest BCUT2D eigenvalue weighted by Gasteiger charge is 2.35. The van der Waals surface area contributed by atoms with Gasteiger partial charge < -0.3 is 14.7 Å². The van der Waals surface area contributed by atoms with E-state index in [1.807, 2.05) is 0 Å². The predicted molar refractivity (Wildman–Crippen MR) is 121 cm³/mol. The predicted octanol–water partition coefficient (Wildman–Crippen LogP) is 2.43. The number of anilines is 1. The molecule has 178 valence electrons. The third kappa shape index (κ3) is 4.18. The Labute approximate surface area is 197 Å². The van der Waals surface area contributed by atoms with E-state index in [0.717, 1.165) is 49.7 Å². The van der Waals surface area contributed by atoms with Gasteiger partial charge in [-0.3, -0.25) is 14.2 Å². The van der Waals surface area contributed by atoms with Crippen molar-refractivity contribution in [1.29, 1.82) is 0 Å². The fourth-order valence-corrected chi connectivity index (χ4v) is 4.92. The molecule has 1 N–H and O–H groups in total. The van der Waals surface area contributed by atoms with Crippen LogP contribution in [0.4, 0.5) is 10.2 Å². The molecule has 3 aromatic rings. The number of aromatic carboxylic acids is 1. The maximum absolute atomic E-state index is 15.0. The van der Waals surface area contributed by atoms with E-state index in [2.05, 4.69) is 14.3 Å². The van der Waals surface area contributed by atoms with E-state index in [4.69, 9.17) is 4.74 Å². The highest BCUT2D eigenvalue weighted by Crippen LogP contribution is 2.30. The van der Waals surface area contributed by atoms with Gasteiger partial charge in [-0.1, -0.05) is 0 Å². The van der Waals surface area contributed by atoms with Gasteiger partial charge in [-0.25, -0.2) is 19.2 Å². The van der Waals surface area contributed by atoms with Crippen molar-refractivity contribution in [3.05, 3.63) is 40.2 Å². The summed E-state index contributed by atoms with van der Waals surface area (Å²) in [5.74, 6) is -2.26. The molecule has 0 amide bonds. The minimum Gasteiger partial charge on any atom is -0.477 e. The molecule has 0 aromatic carbocycles. The van der Waals surface area contributed by atoms with Crippen molar-refractivity contribution in [2.24, 2.45) is 5.92 Å². The maximum atomic E-state index is 15.0. The van der Waals surface area contributed by atoms with Crippen LogP contribution >= 0.6 is 11.5 Å². The second-order valence-electron chi connectivity index (χ2n) is 8.53. The minimum absolute atomic E-state index is 0.00732. The number of rotatable bonds is 7. The van der Waals surface area contributed by atoms with Gasteiger partial charge in [0.05, 0.1) is 17.4 Å². The van der Waals surface area contributed by atoms with E-state index in [1.54, 1.807) is 4.90 Å². The Morgan fingerprint density at radius 1 is 1.29 bits per heavy atom. The lowest BCUT2D eigenvalue weighted by molar-refractivity contribution is -0.124. The molecule has 5 heterocycles. The summed E-state index contributed by atoms with van der Waals surface area (Å²) in [6, 6.07) is 1.000. The summed E-state index contributed by atoms with van der Waals surface area (Å²) < 4.78 is 25.9. The summed E-state index contributed by atoms with van der Waals surface area (Å²) >= 11 is 0.981. The molecule has 2 saturated heterocycles. The topological polar surface area (TPSA) is 128 Å². The van der Waals surface area contributed by atoms with Crippen LogP contribution < -0.4 is 10.3 Å². The third-order valence-corrected chi connectivity index (χ3v) is 6.99. The number of ether oxygens (including phenoxy) is 1. The molecule has 2 aliphatic rings. The van der Waals surface area contributed by atoms with Crippen LogP contribution in [0.3, 0.4) is 0 Å². The van der Waals surface area contributed by atoms with Crippen molar-refractivity contribution < 1.29 is 23.8 Å². The van der Waals surface area contributed by atoms with E-state index >= 15 is 0 Å². The summed E-state index contributed by atoms with van der Waals surface area (Å²) in [5.41, 5.74) is -1.27. The van der Waals surface area contributed by atoms with E-state index in [9.17, 15) is 23.9 Å². The van der Waals surface area contributed by atoms with Crippen LogP contribution in [0.1, 0.15) is 42.5 Å². The first-order valence-electron chi connectivity index (χ1n) is 11.1. The average Bonchev–Trinajstić information content (AvgIpc) is 3.33. The Balaban J connectivity index is 1.38. The smallest absolute Gasteiger partial charge is 0.341 e. The first kappa shape index (κ1) is 22.5. The van der Waals surface area contributed by atoms with Crippen LogP contribution in [0.15, 0.2) is 23.4 Å². The highest BCUT2D eigenvalue weighted by molar-refractivity contribution is 7.08. The van der Waals surface area contributed by atoms with Crippen molar-refractivity contribution in [2.75, 3.05) is 24.6 Å². The Morgan fingerprint density at radius 3 is 2.79 bits per heavy atom. The Morgan fingerprint density at radius 2 is 2.12 bits per heavy atom. The number of pyridine rings is 2. The lowest BCUT2D eigenvalue weighted by Crippen LogP contribution is -2.51. The van der Waals surface area contributed by atoms with Gasteiger partial charge in [0.1, 0.15) is 17.7 Å². The number of aromatic nitrogens is 4. The monoisotopic (exact) mass is 487 g/mol. The van der Waals surface area contributed by atoms with Gasteiger partial charge in [-0.05, 0) is 31.7 Å². The maximum Gasteiger partial charge on any atom is 0.341 e. The van der Waals surface area contributed by atoms with Crippen LogP contribution in [-0.4, -0.2) is 61.6 Å². The highest BCUT2D eigenvalue weighted by atomic mass is 32.1. The normalized spacial score (nSPS) is 18.7. The Bertz CT molecular complexity index is 1300. The fraction of sp³-hybridized carbons (Fsp3) is 0.455. The zero-order valence-corrected chi connectivity index (χ0v) is 19.0. The van der Waals surface area contributed by atoms with Crippen molar-refractivity contribution in [3.63, 3.8) is 0 Å². The van der Waals surface area contributed by atoms with Gasteiger partial charge in [-0.15, -0.1) is 0 Å². The number of ketones is 1. The number of fused-ring (bicyclic) bond motifs is 1. The number of carbonyl (C=O) groups is 2. The summed E-state index contributed by atoms with van der Waals surface area (Å²) in [7, 11) is 0. The van der Waals surface area contributed by atoms with Gasteiger partial charge in [0.15, 0.2) is 17.3 Å². The molecule has 1 atom stereocenters. The number of carboxylic acid groups (broad SMARTS) is 1. The van der Waals surface area contributed by atoms with Gasteiger partial charge in [0, 0.05) is 43.8 Å². The van der Waals surface area contributed by atoms with Crippen LogP contribution in [0.5, 0.6) is 0 Å². The van der Waals surface area contributed by atoms with Crippen molar-refractivity contribution in [3.8, 4) is 5.13 Å². The molecular weight excluding hydrogens is 465 g/mol. The summed E-state index contributed by atoms with van der Waals surface area (Å²) in [4.78, 5) is 46.9. The standard InChI is InChI=1S/C22H22FN5O5S/c23-16-7-14-18(30)15(21(31)32)10-28(22-24-11-25-34-22)19(14)26-20(16)27-8-12(9-27)17(29)5-4-13-3-1-2-6-33-13/h7,10-13H,1-6,8-9H2,(H,31,32). The Kier molecular flexibility index (Phi) is 6.09. The molecule has 2 fully saturated rings. The molecule has 0 aliphatic carbocycles. The lowest BCUT2D eigenvalue weighted by Gasteiger charge is -2.39. The molecular formula is C22H22FN5O5S. The molecule has 34 heavy (non-hydrogen) atoms. The van der Waals surface area contributed by atoms with Crippen molar-refractivity contribution >= 4 is 40.1 Å². The van der Waals surface area contributed by atoms with Crippen molar-refractivity contribution in [2.45, 2.75) is 38.2 Å². The summed E-state index contributed by atoms with van der Waals surface area (Å²) in [5, 5.41) is 9.53. The zero-order chi connectivity index (χ0) is 23.8. The lowest BCUT2D eigenvalue weighted by atomic mass is 9.91. The number of hydrogen-bond donors (Lipinski definition) is 1. The number of hydrogen-bond acceptors (Lipinski definition) is 9. The Hall–Kier alpha value is -3.25. The molecule has 0 radical (unpaired) electrons. The first-order chi connectivity index (χ1) is 16.4. The van der Waals surface area contributed by atoms with Crippen LogP contribution in [0.2, 0.25) is 0 Å². The van der Waals surface area contributed by atoms with Gasteiger partial charge in [0.2, 0.25) is 10.6 Å². The molecule has 0 bridgehead atoms. The molecule has 5 rings (SSSR count). The van der Waals surface area contributed by atoms with E-state index < -0.39 is 22.8 Å². The summed E-state index contributed by atoms with van der Waals surface area (Å²) in [6.45, 7) is 1.41. The van der Waals surface area contributed by atoms with Gasteiger partial charge in [-0.2, -0.15) is 4.37 Å². The van der Waals surface area contributed by atoms with Crippen LogP contribution in [-0.2, 0) is 9.53 Å². The third-order valence-electron chi connectivity index (χ3n) is 6.32. The molecule has 0 saturated carbocycles. The number of carboxylic acids is 1. The summed E-state index contributed by atoms with van der Waals surface area (Å²) in [6.07, 6.45) is 6.87. The largest absolute Gasteiger partial charge is 0.477 e. The fourth-order valence-electron chi connectivity index (χ4n) is 4.41. The van der Waals surface area contributed by atoms with E-state index in [0.29, 0.717) is 31.1 Å². The second-order valence-corrected chi connectivity index (χ2v) is 9.29. The zero-order valence-electron chi connectivity index (χ0n) is 18.1. The second kappa shape index (κ2) is 9.18. The molecule has 10 nitrogen and oxygen atoms in total. The molecule has 12 heteroatoms. The average molecular weight is 488 g/mol. The molecule has 2 aliphatic heterocycles. The van der Waals surface area contributed by atoms with Crippen LogP contribution in [0.25, 0.3) is 16.2 Å². The van der Waals surface area contributed by atoms with Crippen LogP contribution in [0, 0.1) is 11.7 Å². The molecule has 0 spiro atoms. The number of carbonyl (C=O) groups excluding carboxylic acids is 1.